The maximum absolute atomic E-state index is 12.7. The first-order chi connectivity index (χ1) is 14.6. The molecule has 0 radical (unpaired) electrons. The average Bonchev–Trinajstić information content (AvgIpc) is 3.01. The molecule has 0 saturated heterocycles. The highest BCUT2D eigenvalue weighted by Crippen LogP contribution is 2.27. The van der Waals surface area contributed by atoms with Crippen molar-refractivity contribution in [2.45, 2.75) is 45.9 Å². The third kappa shape index (κ3) is 7.10. The van der Waals surface area contributed by atoms with Crippen LogP contribution in [0.3, 0.4) is 0 Å². The maximum Gasteiger partial charge on any atom is 0.348 e. The van der Waals surface area contributed by atoms with Gasteiger partial charge in [-0.1, -0.05) is 18.7 Å². The van der Waals surface area contributed by atoms with Gasteiger partial charge in [0.25, 0.3) is 5.56 Å². The lowest BCUT2D eigenvalue weighted by molar-refractivity contribution is -0.0560. The quantitative estimate of drug-likeness (QED) is 0.401. The number of aromatic amines is 1. The van der Waals surface area contributed by atoms with E-state index in [0.717, 1.165) is 11.3 Å². The maximum atomic E-state index is 12.7. The van der Waals surface area contributed by atoms with Crippen molar-refractivity contribution in [3.05, 3.63) is 51.9 Å². The van der Waals surface area contributed by atoms with Crippen molar-refractivity contribution in [2.24, 2.45) is 0 Å². The van der Waals surface area contributed by atoms with Crippen molar-refractivity contribution in [1.29, 1.82) is 0 Å². The molecule has 8 nitrogen and oxygen atoms in total. The number of rotatable bonds is 11. The van der Waals surface area contributed by atoms with Gasteiger partial charge < -0.3 is 19.6 Å². The van der Waals surface area contributed by atoms with E-state index in [-0.39, 0.29) is 24.4 Å². The molecule has 0 spiro atoms. The second kappa shape index (κ2) is 10.8. The molecule has 31 heavy (non-hydrogen) atoms. The number of fused-ring (bicyclic) bond motifs is 1. The summed E-state index contributed by atoms with van der Waals surface area (Å²) in [6.45, 7) is 16.2. The van der Waals surface area contributed by atoms with Gasteiger partial charge in [0.15, 0.2) is 0 Å². The zero-order valence-corrected chi connectivity index (χ0v) is 19.4. The van der Waals surface area contributed by atoms with Gasteiger partial charge in [-0.15, -0.1) is 17.9 Å². The minimum atomic E-state index is -0.704. The molecule has 1 atom stereocenters. The van der Waals surface area contributed by atoms with Gasteiger partial charge in [-0.25, -0.2) is 9.78 Å². The Morgan fingerprint density at radius 1 is 1.35 bits per heavy atom. The summed E-state index contributed by atoms with van der Waals surface area (Å²) in [5.74, 6) is -0.0628. The Bertz CT molecular complexity index is 989. The highest BCUT2D eigenvalue weighted by atomic mass is 32.1. The van der Waals surface area contributed by atoms with E-state index in [2.05, 4.69) is 23.1 Å². The van der Waals surface area contributed by atoms with Gasteiger partial charge >= 0.3 is 5.97 Å². The molecule has 0 amide bonds. The molecule has 0 bridgehead atoms. The molecular formula is C22H31N3O5S. The summed E-state index contributed by atoms with van der Waals surface area (Å²) in [5.41, 5.74) is -0.109. The van der Waals surface area contributed by atoms with E-state index in [9.17, 15) is 14.7 Å². The number of nitrogens with zero attached hydrogens (tertiary/aromatic N) is 2. The summed E-state index contributed by atoms with van der Waals surface area (Å²) < 4.78 is 10.7. The fraction of sp³-hybridized carbons (Fsp3) is 0.500. The SMILES string of the molecule is C=CCOC(=O)c1sc2nc(CN(CC=C)CC(O)COC(C)(C)C)[nH]c(=O)c2c1C. The zero-order valence-electron chi connectivity index (χ0n) is 18.6. The van der Waals surface area contributed by atoms with E-state index in [1.54, 1.807) is 13.0 Å². The minimum absolute atomic E-state index is 0.0965. The number of hydrogen-bond acceptors (Lipinski definition) is 8. The van der Waals surface area contributed by atoms with Crippen LogP contribution >= 0.6 is 11.3 Å². The highest BCUT2D eigenvalue weighted by Gasteiger charge is 2.21. The number of aromatic nitrogens is 2. The zero-order chi connectivity index (χ0) is 23.2. The molecule has 2 N–H and O–H groups in total. The molecule has 9 heteroatoms. The fourth-order valence-electron chi connectivity index (χ4n) is 2.95. The van der Waals surface area contributed by atoms with E-state index in [1.165, 1.54) is 6.08 Å². The molecule has 0 aromatic carbocycles. The number of ether oxygens (including phenoxy) is 2. The van der Waals surface area contributed by atoms with Crippen molar-refractivity contribution < 1.29 is 19.4 Å². The van der Waals surface area contributed by atoms with E-state index in [0.29, 0.717) is 46.1 Å². The number of thiophene rings is 1. The van der Waals surface area contributed by atoms with E-state index in [4.69, 9.17) is 9.47 Å². The van der Waals surface area contributed by atoms with Gasteiger partial charge in [0.2, 0.25) is 0 Å². The van der Waals surface area contributed by atoms with Crippen LogP contribution in [-0.2, 0) is 16.0 Å². The van der Waals surface area contributed by atoms with Crippen LogP contribution in [0, 0.1) is 6.92 Å². The Morgan fingerprint density at radius 3 is 2.68 bits per heavy atom. The molecule has 0 aliphatic carbocycles. The van der Waals surface area contributed by atoms with E-state index in [1.807, 2.05) is 25.7 Å². The number of H-pyrrole nitrogens is 1. The molecule has 0 aliphatic rings. The van der Waals surface area contributed by atoms with E-state index < -0.39 is 12.1 Å². The smallest absolute Gasteiger partial charge is 0.348 e. The molecular weight excluding hydrogens is 418 g/mol. The molecule has 2 aromatic heterocycles. The molecule has 0 saturated carbocycles. The Kier molecular flexibility index (Phi) is 8.69. The third-order valence-electron chi connectivity index (χ3n) is 4.31. The van der Waals surface area contributed by atoms with Crippen LogP contribution in [0.15, 0.2) is 30.1 Å². The predicted octanol–water partition coefficient (Wildman–Crippen LogP) is 2.80. The topological polar surface area (TPSA) is 105 Å². The molecule has 0 fully saturated rings. The predicted molar refractivity (Wildman–Crippen MR) is 123 cm³/mol. The van der Waals surface area contributed by atoms with Crippen molar-refractivity contribution in [1.82, 2.24) is 14.9 Å². The molecule has 1 unspecified atom stereocenters. The van der Waals surface area contributed by atoms with Crippen molar-refractivity contribution in [3.8, 4) is 0 Å². The number of aryl methyl sites for hydroxylation is 1. The number of esters is 1. The fourth-order valence-corrected chi connectivity index (χ4v) is 4.05. The molecule has 170 valence electrons. The Hall–Kier alpha value is -2.33. The summed E-state index contributed by atoms with van der Waals surface area (Å²) in [6.07, 6.45) is 2.50. The van der Waals surface area contributed by atoms with Gasteiger partial charge in [0, 0.05) is 13.1 Å². The summed E-state index contributed by atoms with van der Waals surface area (Å²) in [5, 5.41) is 10.7. The number of nitrogens with one attached hydrogen (secondary N) is 1. The first kappa shape index (κ1) is 24.9. The first-order valence-electron chi connectivity index (χ1n) is 10.0. The van der Waals surface area contributed by atoms with Crippen LogP contribution in [0.4, 0.5) is 0 Å². The summed E-state index contributed by atoms with van der Waals surface area (Å²) >= 11 is 1.13. The average molecular weight is 450 g/mol. The second-order valence-electron chi connectivity index (χ2n) is 8.20. The normalized spacial score (nSPS) is 12.8. The van der Waals surface area contributed by atoms with Crippen LogP contribution in [-0.4, -0.2) is 64.0 Å². The van der Waals surface area contributed by atoms with Gasteiger partial charge in [-0.05, 0) is 33.3 Å². The Labute approximate surface area is 186 Å². The number of aliphatic hydroxyl groups excluding tert-OH is 1. The van der Waals surface area contributed by atoms with Crippen LogP contribution in [0.5, 0.6) is 0 Å². The standard InChI is InChI=1S/C22H31N3O5S/c1-7-9-25(11-15(26)13-30-22(4,5)6)12-16-23-19(27)17-14(3)18(31-20(17)24-16)21(28)29-10-8-2/h7-8,15,26H,1-2,9-13H2,3-6H3,(H,23,24,27). The van der Waals surface area contributed by atoms with Gasteiger partial charge in [-0.2, -0.15) is 0 Å². The summed E-state index contributed by atoms with van der Waals surface area (Å²) in [6, 6.07) is 0. The van der Waals surface area contributed by atoms with Crippen molar-refractivity contribution in [2.75, 3.05) is 26.3 Å². The van der Waals surface area contributed by atoms with E-state index >= 15 is 0 Å². The largest absolute Gasteiger partial charge is 0.457 e. The van der Waals surface area contributed by atoms with Gasteiger partial charge in [0.05, 0.1) is 30.2 Å². The number of carbonyl (C=O) groups is 1. The van der Waals surface area contributed by atoms with Gasteiger partial charge in [0.1, 0.15) is 22.1 Å². The highest BCUT2D eigenvalue weighted by molar-refractivity contribution is 7.20. The number of aliphatic hydroxyl groups is 1. The van der Waals surface area contributed by atoms with Crippen molar-refractivity contribution >= 4 is 27.5 Å². The molecule has 2 rings (SSSR count). The number of carbonyl (C=O) groups excluding carboxylic acids is 1. The third-order valence-corrected chi connectivity index (χ3v) is 5.47. The second-order valence-corrected chi connectivity index (χ2v) is 9.20. The molecule has 0 aliphatic heterocycles. The molecule has 2 heterocycles. The van der Waals surface area contributed by atoms with Gasteiger partial charge in [-0.3, -0.25) is 9.69 Å². The lowest BCUT2D eigenvalue weighted by Crippen LogP contribution is -2.37. The van der Waals surface area contributed by atoms with Crippen LogP contribution in [0.25, 0.3) is 10.2 Å². The minimum Gasteiger partial charge on any atom is -0.457 e. The monoisotopic (exact) mass is 449 g/mol. The van der Waals surface area contributed by atoms with Crippen LogP contribution < -0.4 is 5.56 Å². The van der Waals surface area contributed by atoms with Crippen molar-refractivity contribution in [3.63, 3.8) is 0 Å². The van der Waals surface area contributed by atoms with Crippen LogP contribution in [0.1, 0.15) is 41.8 Å². The first-order valence-corrected chi connectivity index (χ1v) is 10.8. The summed E-state index contributed by atoms with van der Waals surface area (Å²) in [4.78, 5) is 35.0. The molecule has 2 aromatic rings. The van der Waals surface area contributed by atoms with Crippen LogP contribution in [0.2, 0.25) is 0 Å². The summed E-state index contributed by atoms with van der Waals surface area (Å²) in [7, 11) is 0. The number of hydrogen-bond donors (Lipinski definition) is 2. The Morgan fingerprint density at radius 2 is 2.06 bits per heavy atom. The Balaban J connectivity index is 2.22. The lowest BCUT2D eigenvalue weighted by Gasteiger charge is -2.26. The lowest BCUT2D eigenvalue weighted by atomic mass is 10.2.